The topological polar surface area (TPSA) is 46.3 Å². The van der Waals surface area contributed by atoms with Gasteiger partial charge >= 0.3 is 0 Å². The molecule has 4 heteroatoms. The lowest BCUT2D eigenvalue weighted by Gasteiger charge is -2.22. The second-order valence-corrected chi connectivity index (χ2v) is 4.76. The van der Waals surface area contributed by atoms with Crippen molar-refractivity contribution in [2.75, 3.05) is 12.3 Å². The van der Waals surface area contributed by atoms with E-state index >= 15 is 0 Å². The maximum atomic E-state index is 13.5. The zero-order valence-electron chi connectivity index (χ0n) is 9.46. The van der Waals surface area contributed by atoms with Gasteiger partial charge in [0.25, 0.3) is 5.91 Å². The third kappa shape index (κ3) is 1.87. The average Bonchev–Trinajstić information content (AvgIpc) is 2.42. The van der Waals surface area contributed by atoms with E-state index in [1.807, 2.05) is 12.1 Å². The van der Waals surface area contributed by atoms with Crippen LogP contribution in [0.2, 0.25) is 0 Å². The van der Waals surface area contributed by atoms with Crippen LogP contribution in [-0.2, 0) is 6.54 Å². The van der Waals surface area contributed by atoms with Crippen LogP contribution in [0.4, 0.5) is 10.1 Å². The summed E-state index contributed by atoms with van der Waals surface area (Å²) in [6.45, 7) is 3.48. The first-order valence-electron chi connectivity index (χ1n) is 5.24. The van der Waals surface area contributed by atoms with Crippen LogP contribution in [0.25, 0.3) is 0 Å². The van der Waals surface area contributed by atoms with Crippen molar-refractivity contribution in [3.8, 4) is 0 Å². The van der Waals surface area contributed by atoms with Gasteiger partial charge in [-0.2, -0.15) is 0 Å². The molecule has 16 heavy (non-hydrogen) atoms. The Balaban J connectivity index is 2.28. The van der Waals surface area contributed by atoms with E-state index in [1.54, 1.807) is 6.07 Å². The first kappa shape index (κ1) is 10.9. The van der Waals surface area contributed by atoms with E-state index in [2.05, 4.69) is 0 Å². The van der Waals surface area contributed by atoms with Crippen LogP contribution in [-0.4, -0.2) is 23.0 Å². The third-order valence-corrected chi connectivity index (χ3v) is 2.61. The predicted molar refractivity (Wildman–Crippen MR) is 60.8 cm³/mol. The van der Waals surface area contributed by atoms with Crippen molar-refractivity contribution in [1.82, 2.24) is 4.90 Å². The number of rotatable bonds is 2. The van der Waals surface area contributed by atoms with Gasteiger partial charge in [0, 0.05) is 12.2 Å². The van der Waals surface area contributed by atoms with Crippen LogP contribution in [0.1, 0.15) is 29.8 Å². The van der Waals surface area contributed by atoms with Crippen LogP contribution < -0.4 is 5.73 Å². The Labute approximate surface area is 94.0 Å². The maximum Gasteiger partial charge on any atom is 0.256 e. The lowest BCUT2D eigenvalue weighted by Crippen LogP contribution is -2.36. The summed E-state index contributed by atoms with van der Waals surface area (Å²) in [6.07, 6.45) is 0. The SMILES string of the molecule is CC(C)(F)CN1Cc2cccc(N)c2C1=O. The molecule has 1 aliphatic heterocycles. The molecule has 1 aromatic carbocycles. The van der Waals surface area contributed by atoms with Gasteiger partial charge in [-0.3, -0.25) is 4.79 Å². The highest BCUT2D eigenvalue weighted by Crippen LogP contribution is 2.28. The van der Waals surface area contributed by atoms with E-state index in [1.165, 1.54) is 18.7 Å². The van der Waals surface area contributed by atoms with Gasteiger partial charge in [0.05, 0.1) is 12.1 Å². The van der Waals surface area contributed by atoms with Gasteiger partial charge in [-0.05, 0) is 25.5 Å². The standard InChI is InChI=1S/C12H15FN2O/c1-12(2,13)7-15-6-8-4-3-5-9(14)10(8)11(15)16/h3-5H,6-7,14H2,1-2H3. The molecule has 0 aromatic heterocycles. The van der Waals surface area contributed by atoms with Crippen LogP contribution in [0, 0.1) is 0 Å². The van der Waals surface area contributed by atoms with Gasteiger partial charge in [-0.15, -0.1) is 0 Å². The number of nitrogens with two attached hydrogens (primary N) is 1. The molecule has 1 amide bonds. The van der Waals surface area contributed by atoms with Crippen molar-refractivity contribution in [3.63, 3.8) is 0 Å². The van der Waals surface area contributed by atoms with E-state index in [4.69, 9.17) is 5.73 Å². The molecule has 0 saturated heterocycles. The van der Waals surface area contributed by atoms with E-state index < -0.39 is 5.67 Å². The van der Waals surface area contributed by atoms with Crippen molar-refractivity contribution in [1.29, 1.82) is 0 Å². The largest absolute Gasteiger partial charge is 0.398 e. The lowest BCUT2D eigenvalue weighted by atomic mass is 10.1. The first-order valence-corrected chi connectivity index (χ1v) is 5.24. The summed E-state index contributed by atoms with van der Waals surface area (Å²) in [5.41, 5.74) is 6.26. The fourth-order valence-electron chi connectivity index (χ4n) is 2.03. The number of fused-ring (bicyclic) bond motifs is 1. The first-order chi connectivity index (χ1) is 7.38. The molecule has 0 bridgehead atoms. The molecule has 0 atom stereocenters. The predicted octanol–water partition coefficient (Wildman–Crippen LogP) is 1.97. The molecule has 0 fully saturated rings. The van der Waals surface area contributed by atoms with Gasteiger partial charge in [-0.25, -0.2) is 4.39 Å². The molecule has 1 heterocycles. The molecule has 3 nitrogen and oxygen atoms in total. The van der Waals surface area contributed by atoms with Crippen molar-refractivity contribution in [3.05, 3.63) is 29.3 Å². The molecular formula is C12H15FN2O. The molecule has 0 radical (unpaired) electrons. The Kier molecular flexibility index (Phi) is 2.37. The zero-order chi connectivity index (χ0) is 11.9. The minimum Gasteiger partial charge on any atom is -0.398 e. The number of anilines is 1. The van der Waals surface area contributed by atoms with Crippen molar-refractivity contribution < 1.29 is 9.18 Å². The molecule has 1 aliphatic rings. The average molecular weight is 222 g/mol. The fourth-order valence-corrected chi connectivity index (χ4v) is 2.03. The van der Waals surface area contributed by atoms with Crippen LogP contribution in [0.15, 0.2) is 18.2 Å². The highest BCUT2D eigenvalue weighted by molar-refractivity contribution is 6.03. The number of amides is 1. The third-order valence-electron chi connectivity index (χ3n) is 2.61. The summed E-state index contributed by atoms with van der Waals surface area (Å²) in [5, 5.41) is 0. The summed E-state index contributed by atoms with van der Waals surface area (Å²) in [5.74, 6) is -0.168. The quantitative estimate of drug-likeness (QED) is 0.778. The summed E-state index contributed by atoms with van der Waals surface area (Å²) < 4.78 is 13.5. The minimum absolute atomic E-state index is 0.0972. The molecule has 2 N–H and O–H groups in total. The summed E-state index contributed by atoms with van der Waals surface area (Å²) >= 11 is 0. The van der Waals surface area contributed by atoms with E-state index in [9.17, 15) is 9.18 Å². The van der Waals surface area contributed by atoms with Crippen molar-refractivity contribution in [2.45, 2.75) is 26.1 Å². The van der Waals surface area contributed by atoms with Crippen molar-refractivity contribution >= 4 is 11.6 Å². The zero-order valence-corrected chi connectivity index (χ0v) is 9.46. The van der Waals surface area contributed by atoms with E-state index in [-0.39, 0.29) is 12.5 Å². The van der Waals surface area contributed by atoms with Crippen LogP contribution in [0.5, 0.6) is 0 Å². The maximum absolute atomic E-state index is 13.5. The second kappa shape index (κ2) is 3.47. The summed E-state index contributed by atoms with van der Waals surface area (Å²) in [6, 6.07) is 5.36. The molecule has 0 unspecified atom stereocenters. The molecular weight excluding hydrogens is 207 g/mol. The Morgan fingerprint density at radius 3 is 2.75 bits per heavy atom. The van der Waals surface area contributed by atoms with E-state index in [0.29, 0.717) is 17.8 Å². The molecule has 0 aliphatic carbocycles. The minimum atomic E-state index is -1.38. The Morgan fingerprint density at radius 1 is 1.50 bits per heavy atom. The fraction of sp³-hybridized carbons (Fsp3) is 0.417. The Hall–Kier alpha value is -1.58. The molecule has 0 saturated carbocycles. The molecule has 0 spiro atoms. The van der Waals surface area contributed by atoms with Gasteiger partial charge < -0.3 is 10.6 Å². The number of carbonyl (C=O) groups excluding carboxylic acids is 1. The molecule has 1 aromatic rings. The van der Waals surface area contributed by atoms with E-state index in [0.717, 1.165) is 5.56 Å². The van der Waals surface area contributed by atoms with Gasteiger partial charge in [-0.1, -0.05) is 12.1 Å². The second-order valence-electron chi connectivity index (χ2n) is 4.76. The normalized spacial score (nSPS) is 15.4. The summed E-state index contributed by atoms with van der Waals surface area (Å²) in [4.78, 5) is 13.5. The number of benzene rings is 1. The number of nitrogens with zero attached hydrogens (tertiary/aromatic N) is 1. The number of hydrogen-bond acceptors (Lipinski definition) is 2. The number of hydrogen-bond donors (Lipinski definition) is 1. The van der Waals surface area contributed by atoms with Gasteiger partial charge in [0.2, 0.25) is 0 Å². The molecule has 86 valence electrons. The van der Waals surface area contributed by atoms with Crippen LogP contribution in [0.3, 0.4) is 0 Å². The number of carbonyl (C=O) groups is 1. The van der Waals surface area contributed by atoms with Gasteiger partial charge in [0.1, 0.15) is 5.67 Å². The monoisotopic (exact) mass is 222 g/mol. The Morgan fingerprint density at radius 2 is 2.19 bits per heavy atom. The number of halogens is 1. The Bertz CT molecular complexity index is 437. The number of alkyl halides is 1. The van der Waals surface area contributed by atoms with Crippen molar-refractivity contribution in [2.24, 2.45) is 0 Å². The number of nitrogen functional groups attached to an aromatic ring is 1. The summed E-state index contributed by atoms with van der Waals surface area (Å²) in [7, 11) is 0. The lowest BCUT2D eigenvalue weighted by molar-refractivity contribution is 0.0654. The smallest absolute Gasteiger partial charge is 0.256 e. The highest BCUT2D eigenvalue weighted by atomic mass is 19.1. The van der Waals surface area contributed by atoms with Gasteiger partial charge in [0.15, 0.2) is 0 Å². The molecule has 2 rings (SSSR count). The van der Waals surface area contributed by atoms with Crippen LogP contribution >= 0.6 is 0 Å². The highest BCUT2D eigenvalue weighted by Gasteiger charge is 2.32.